The molecule has 0 rings (SSSR count). The Morgan fingerprint density at radius 1 is 0.750 bits per heavy atom. The summed E-state index contributed by atoms with van der Waals surface area (Å²) in [5.74, 6) is 0. The highest BCUT2D eigenvalue weighted by Gasteiger charge is 2.43. The Hall–Kier alpha value is 0.0169. The van der Waals surface area contributed by atoms with E-state index in [0.29, 0.717) is 13.1 Å². The first-order chi connectivity index (χ1) is 9.22. The van der Waals surface area contributed by atoms with Gasteiger partial charge in [-0.15, -0.1) is 0 Å². The zero-order chi connectivity index (χ0) is 16.2. The van der Waals surface area contributed by atoms with Crippen molar-refractivity contribution in [3.63, 3.8) is 0 Å². The van der Waals surface area contributed by atoms with Gasteiger partial charge < -0.3 is 24.7 Å². The van der Waals surface area contributed by atoms with Crippen LogP contribution in [0.25, 0.3) is 0 Å². The van der Waals surface area contributed by atoms with E-state index in [4.69, 9.17) is 24.7 Å². The molecule has 0 unspecified atom stereocenters. The van der Waals surface area contributed by atoms with Gasteiger partial charge in [0.05, 0.1) is 0 Å². The molecule has 0 aromatic carbocycles. The van der Waals surface area contributed by atoms with E-state index in [2.05, 4.69) is 6.92 Å². The fourth-order valence-corrected chi connectivity index (χ4v) is 4.93. The first-order valence-electron chi connectivity index (χ1n) is 7.66. The first kappa shape index (κ1) is 22.3. The van der Waals surface area contributed by atoms with Crippen molar-refractivity contribution in [1.82, 2.24) is 0 Å². The number of nitrogens with two attached hydrogens (primary N) is 2. The van der Waals surface area contributed by atoms with Crippen LogP contribution in [0.1, 0.15) is 54.9 Å². The highest BCUT2D eigenvalue weighted by molar-refractivity contribution is 6.60. The SMILES string of the molecule is CCC[Si](OC(C)C)(OC(C)C)OC(C)C.NCCN. The fraction of sp³-hybridized carbons (Fsp3) is 1.00. The average Bonchev–Trinajstić information content (AvgIpc) is 2.26. The molecular formula is C14H36N2O3Si. The van der Waals surface area contributed by atoms with Gasteiger partial charge in [0.1, 0.15) is 0 Å². The predicted octanol–water partition coefficient (Wildman–Crippen LogP) is 2.51. The summed E-state index contributed by atoms with van der Waals surface area (Å²) in [5, 5.41) is 0. The maximum atomic E-state index is 5.99. The monoisotopic (exact) mass is 308 g/mol. The summed E-state index contributed by atoms with van der Waals surface area (Å²) in [7, 11) is -2.48. The van der Waals surface area contributed by atoms with E-state index < -0.39 is 8.80 Å². The van der Waals surface area contributed by atoms with Crippen molar-refractivity contribution >= 4 is 8.80 Å². The maximum Gasteiger partial charge on any atom is 0.501 e. The molecule has 0 heterocycles. The summed E-state index contributed by atoms with van der Waals surface area (Å²) in [4.78, 5) is 0. The van der Waals surface area contributed by atoms with Crippen LogP contribution >= 0.6 is 0 Å². The predicted molar refractivity (Wildman–Crippen MR) is 87.6 cm³/mol. The Morgan fingerprint density at radius 3 is 1.20 bits per heavy atom. The quantitative estimate of drug-likeness (QED) is 0.640. The van der Waals surface area contributed by atoms with Crippen LogP contribution in [0, 0.1) is 0 Å². The Bertz CT molecular complexity index is 186. The largest absolute Gasteiger partial charge is 0.501 e. The smallest absolute Gasteiger partial charge is 0.371 e. The van der Waals surface area contributed by atoms with Crippen molar-refractivity contribution in [1.29, 1.82) is 0 Å². The van der Waals surface area contributed by atoms with Crippen LogP contribution in [0.3, 0.4) is 0 Å². The van der Waals surface area contributed by atoms with Gasteiger partial charge in [0.25, 0.3) is 0 Å². The van der Waals surface area contributed by atoms with Gasteiger partial charge in [-0.1, -0.05) is 13.3 Å². The molecule has 20 heavy (non-hydrogen) atoms. The standard InChI is InChI=1S/C12H28O3Si.C2H8N2/c1-8-9-16(13-10(2)3,14-11(4)5)15-12(6)7;3-1-2-4/h10-12H,8-9H2,1-7H3;1-4H2. The molecule has 124 valence electrons. The van der Waals surface area contributed by atoms with E-state index in [1.165, 1.54) is 0 Å². The van der Waals surface area contributed by atoms with Crippen LogP contribution < -0.4 is 11.5 Å². The van der Waals surface area contributed by atoms with Crippen LogP contribution in [0.2, 0.25) is 6.04 Å². The Labute approximate surface area is 126 Å². The van der Waals surface area contributed by atoms with E-state index in [9.17, 15) is 0 Å². The van der Waals surface area contributed by atoms with Gasteiger partial charge >= 0.3 is 8.80 Å². The lowest BCUT2D eigenvalue weighted by Gasteiger charge is -2.34. The molecule has 0 aliphatic rings. The fourth-order valence-electron chi connectivity index (χ4n) is 1.64. The van der Waals surface area contributed by atoms with Crippen LogP contribution in [-0.2, 0) is 13.3 Å². The van der Waals surface area contributed by atoms with Gasteiger partial charge in [0, 0.05) is 37.4 Å². The van der Waals surface area contributed by atoms with Crippen LogP contribution in [-0.4, -0.2) is 40.2 Å². The molecule has 0 spiro atoms. The van der Waals surface area contributed by atoms with Crippen LogP contribution in [0.15, 0.2) is 0 Å². The van der Waals surface area contributed by atoms with E-state index >= 15 is 0 Å². The maximum absolute atomic E-state index is 5.99. The van der Waals surface area contributed by atoms with E-state index in [-0.39, 0.29) is 18.3 Å². The molecule has 0 fully saturated rings. The molecule has 0 aromatic heterocycles. The summed E-state index contributed by atoms with van der Waals surface area (Å²) in [6.45, 7) is 15.5. The number of hydrogen-bond donors (Lipinski definition) is 2. The molecule has 0 saturated heterocycles. The highest BCUT2D eigenvalue weighted by atomic mass is 28.4. The van der Waals surface area contributed by atoms with Crippen LogP contribution in [0.5, 0.6) is 0 Å². The van der Waals surface area contributed by atoms with Crippen molar-refractivity contribution in [2.24, 2.45) is 11.5 Å². The minimum atomic E-state index is -2.48. The summed E-state index contributed by atoms with van der Waals surface area (Å²) in [6.07, 6.45) is 1.47. The van der Waals surface area contributed by atoms with Crippen LogP contribution in [0.4, 0.5) is 0 Å². The summed E-state index contributed by atoms with van der Waals surface area (Å²) >= 11 is 0. The van der Waals surface area contributed by atoms with Gasteiger partial charge in [-0.25, -0.2) is 0 Å². The molecule has 0 bridgehead atoms. The third kappa shape index (κ3) is 13.0. The molecule has 0 aromatic rings. The average molecular weight is 309 g/mol. The molecule has 0 atom stereocenters. The lowest BCUT2D eigenvalue weighted by Crippen LogP contribution is -2.50. The topological polar surface area (TPSA) is 79.7 Å². The number of hydrogen-bond acceptors (Lipinski definition) is 5. The minimum Gasteiger partial charge on any atom is -0.371 e. The summed E-state index contributed by atoms with van der Waals surface area (Å²) < 4.78 is 18.0. The molecule has 0 saturated carbocycles. The van der Waals surface area contributed by atoms with Gasteiger partial charge in [0.2, 0.25) is 0 Å². The molecule has 0 amide bonds. The summed E-state index contributed by atoms with van der Waals surface area (Å²) in [6, 6.07) is 0.890. The second-order valence-corrected chi connectivity index (χ2v) is 8.08. The van der Waals surface area contributed by atoms with E-state index in [1.807, 2.05) is 41.5 Å². The molecule has 0 aliphatic heterocycles. The molecule has 0 aliphatic carbocycles. The minimum absolute atomic E-state index is 0.149. The van der Waals surface area contributed by atoms with Gasteiger partial charge in [-0.2, -0.15) is 0 Å². The van der Waals surface area contributed by atoms with Crippen molar-refractivity contribution in [3.8, 4) is 0 Å². The van der Waals surface area contributed by atoms with Gasteiger partial charge in [0.15, 0.2) is 0 Å². The van der Waals surface area contributed by atoms with Crippen molar-refractivity contribution in [2.75, 3.05) is 13.1 Å². The molecule has 4 N–H and O–H groups in total. The Morgan fingerprint density at radius 2 is 1.05 bits per heavy atom. The zero-order valence-corrected chi connectivity index (χ0v) is 15.4. The van der Waals surface area contributed by atoms with Gasteiger partial charge in [-0.05, 0) is 41.5 Å². The van der Waals surface area contributed by atoms with E-state index in [1.54, 1.807) is 0 Å². The molecule has 5 nitrogen and oxygen atoms in total. The lowest BCUT2D eigenvalue weighted by atomic mass is 10.5. The summed E-state index contributed by atoms with van der Waals surface area (Å²) in [5.41, 5.74) is 9.81. The van der Waals surface area contributed by atoms with Crippen molar-refractivity contribution < 1.29 is 13.3 Å². The van der Waals surface area contributed by atoms with Crippen molar-refractivity contribution in [2.45, 2.75) is 79.2 Å². The third-order valence-electron chi connectivity index (χ3n) is 1.97. The zero-order valence-electron chi connectivity index (χ0n) is 14.4. The Balaban J connectivity index is 0. The highest BCUT2D eigenvalue weighted by Crippen LogP contribution is 2.23. The number of rotatable bonds is 9. The van der Waals surface area contributed by atoms with E-state index in [0.717, 1.165) is 12.5 Å². The van der Waals surface area contributed by atoms with Crippen molar-refractivity contribution in [3.05, 3.63) is 0 Å². The Kier molecular flexibility index (Phi) is 14.2. The third-order valence-corrected chi connectivity index (χ3v) is 5.57. The molecule has 0 radical (unpaired) electrons. The molecule has 6 heteroatoms. The normalized spacial score (nSPS) is 12.0. The second-order valence-electron chi connectivity index (χ2n) is 5.51. The molecular weight excluding hydrogens is 272 g/mol. The van der Waals surface area contributed by atoms with Gasteiger partial charge in [-0.3, -0.25) is 0 Å². The first-order valence-corrected chi connectivity index (χ1v) is 9.59. The lowest BCUT2D eigenvalue weighted by molar-refractivity contribution is 0.00314. The second kappa shape index (κ2) is 12.7.